The molecule has 0 spiro atoms. The summed E-state index contributed by atoms with van der Waals surface area (Å²) < 4.78 is 0. The van der Waals surface area contributed by atoms with Gasteiger partial charge in [-0.2, -0.15) is 4.98 Å². The third-order valence-corrected chi connectivity index (χ3v) is 2.54. The topological polar surface area (TPSA) is 74.8 Å². The number of rotatable bonds is 1. The van der Waals surface area contributed by atoms with Crippen LogP contribution in [0.15, 0.2) is 10.9 Å². The zero-order valence-corrected chi connectivity index (χ0v) is 8.54. The Morgan fingerprint density at radius 3 is 2.93 bits per heavy atom. The summed E-state index contributed by atoms with van der Waals surface area (Å²) in [5, 5.41) is 3.13. The van der Waals surface area contributed by atoms with E-state index >= 15 is 0 Å². The summed E-state index contributed by atoms with van der Waals surface area (Å²) in [6.45, 7) is 3.08. The van der Waals surface area contributed by atoms with Gasteiger partial charge in [-0.25, -0.2) is 4.79 Å². The largest absolute Gasteiger partial charge is 0.345 e. The number of hydrogen-bond acceptors (Lipinski definition) is 4. The predicted molar refractivity (Wildman–Crippen MR) is 54.8 cm³/mol. The Kier molecular flexibility index (Phi) is 2.64. The van der Waals surface area contributed by atoms with Crippen molar-refractivity contribution in [3.8, 4) is 0 Å². The second-order valence-corrected chi connectivity index (χ2v) is 3.77. The van der Waals surface area contributed by atoms with Crippen LogP contribution in [0.25, 0.3) is 0 Å². The van der Waals surface area contributed by atoms with Crippen LogP contribution in [0, 0.1) is 6.92 Å². The maximum atomic E-state index is 11.6. The Bertz CT molecular complexity index is 439. The van der Waals surface area contributed by atoms with Gasteiger partial charge in [-0.05, 0) is 13.0 Å². The molecule has 0 saturated carbocycles. The molecule has 1 aromatic heterocycles. The van der Waals surface area contributed by atoms with Crippen LogP contribution in [0.2, 0.25) is 0 Å². The Labute approximate surface area is 86.9 Å². The van der Waals surface area contributed by atoms with Gasteiger partial charge in [-0.15, -0.1) is 0 Å². The molecule has 5 nitrogen and oxygen atoms in total. The molecular weight excluding hydrogens is 194 g/mol. The highest BCUT2D eigenvalue weighted by Crippen LogP contribution is 2.17. The minimum atomic E-state index is -0.386. The first-order valence-corrected chi connectivity index (χ1v) is 4.98. The summed E-state index contributed by atoms with van der Waals surface area (Å²) in [5.41, 5.74) is 0.931. The molecule has 1 unspecified atom stereocenters. The van der Waals surface area contributed by atoms with Crippen LogP contribution in [0.5, 0.6) is 0 Å². The van der Waals surface area contributed by atoms with E-state index in [0.717, 1.165) is 12.2 Å². The van der Waals surface area contributed by atoms with E-state index in [1.54, 1.807) is 13.0 Å². The first-order valence-electron chi connectivity index (χ1n) is 4.98. The maximum absolute atomic E-state index is 11.6. The number of aromatic amines is 1. The fourth-order valence-corrected chi connectivity index (χ4v) is 1.80. The van der Waals surface area contributed by atoms with E-state index in [2.05, 4.69) is 15.3 Å². The Morgan fingerprint density at radius 2 is 2.27 bits per heavy atom. The molecule has 1 aromatic rings. The van der Waals surface area contributed by atoms with Gasteiger partial charge in [0.05, 0.1) is 11.6 Å². The minimum Gasteiger partial charge on any atom is -0.315 e. The Balaban J connectivity index is 2.35. The molecule has 2 rings (SSSR count). The fraction of sp³-hybridized carbons (Fsp3) is 0.500. The summed E-state index contributed by atoms with van der Waals surface area (Å²) in [5.74, 6) is -0.106. The number of nitrogens with zero attached hydrogens (tertiary/aromatic N) is 1. The number of nitrogens with one attached hydrogen (secondary N) is 2. The van der Waals surface area contributed by atoms with Gasteiger partial charge in [0, 0.05) is 25.2 Å². The van der Waals surface area contributed by atoms with Crippen molar-refractivity contribution in [2.45, 2.75) is 19.3 Å². The number of ketones is 1. The molecular formula is C10H13N3O2. The van der Waals surface area contributed by atoms with Crippen molar-refractivity contribution in [3.05, 3.63) is 27.9 Å². The van der Waals surface area contributed by atoms with Crippen LogP contribution in [0.3, 0.4) is 0 Å². The number of Topliss-reactive ketones (excluding diaryl/α,β-unsaturated/α-hetero) is 1. The molecule has 0 radical (unpaired) electrons. The van der Waals surface area contributed by atoms with Crippen molar-refractivity contribution >= 4 is 5.78 Å². The molecule has 1 aliphatic heterocycles. The van der Waals surface area contributed by atoms with Crippen LogP contribution < -0.4 is 11.0 Å². The van der Waals surface area contributed by atoms with E-state index in [-0.39, 0.29) is 17.4 Å². The second kappa shape index (κ2) is 3.94. The smallest absolute Gasteiger partial charge is 0.315 e. The van der Waals surface area contributed by atoms with Crippen molar-refractivity contribution in [1.29, 1.82) is 0 Å². The molecule has 0 amide bonds. The second-order valence-electron chi connectivity index (χ2n) is 3.77. The summed E-state index contributed by atoms with van der Waals surface area (Å²) in [6, 6.07) is 1.76. The number of H-pyrrole nitrogens is 1. The van der Waals surface area contributed by atoms with Gasteiger partial charge in [-0.1, -0.05) is 0 Å². The van der Waals surface area contributed by atoms with Crippen molar-refractivity contribution < 1.29 is 4.79 Å². The highest BCUT2D eigenvalue weighted by molar-refractivity contribution is 5.86. The van der Waals surface area contributed by atoms with Crippen molar-refractivity contribution in [3.63, 3.8) is 0 Å². The molecule has 2 heterocycles. The molecule has 1 aliphatic rings. The summed E-state index contributed by atoms with van der Waals surface area (Å²) in [7, 11) is 0. The van der Waals surface area contributed by atoms with Gasteiger partial charge in [0.15, 0.2) is 0 Å². The average molecular weight is 207 g/mol. The van der Waals surface area contributed by atoms with Gasteiger partial charge in [-0.3, -0.25) is 4.79 Å². The maximum Gasteiger partial charge on any atom is 0.345 e. The van der Waals surface area contributed by atoms with E-state index in [1.165, 1.54) is 0 Å². The molecule has 2 N–H and O–H groups in total. The summed E-state index contributed by atoms with van der Waals surface area (Å²) in [4.78, 5) is 29.2. The van der Waals surface area contributed by atoms with Crippen molar-refractivity contribution in [2.24, 2.45) is 0 Å². The monoisotopic (exact) mass is 207 g/mol. The fourth-order valence-electron chi connectivity index (χ4n) is 1.80. The molecule has 5 heteroatoms. The van der Waals surface area contributed by atoms with Crippen molar-refractivity contribution in [2.75, 3.05) is 13.1 Å². The zero-order chi connectivity index (χ0) is 10.8. The lowest BCUT2D eigenvalue weighted by Crippen LogP contribution is -2.36. The number of aromatic nitrogens is 2. The zero-order valence-electron chi connectivity index (χ0n) is 8.54. The number of carbonyl (C=O) groups excluding carboxylic acids is 1. The molecule has 0 aromatic carbocycles. The number of piperidine rings is 1. The van der Waals surface area contributed by atoms with Crippen LogP contribution in [-0.4, -0.2) is 28.8 Å². The normalized spacial score (nSPS) is 21.7. The number of aryl methyl sites for hydroxylation is 1. The van der Waals surface area contributed by atoms with E-state index in [0.29, 0.717) is 18.7 Å². The number of hydrogen-bond donors (Lipinski definition) is 2. The Morgan fingerprint density at radius 1 is 1.47 bits per heavy atom. The first kappa shape index (κ1) is 10.0. The highest BCUT2D eigenvalue weighted by Gasteiger charge is 2.25. The highest BCUT2D eigenvalue weighted by atomic mass is 16.1. The van der Waals surface area contributed by atoms with E-state index < -0.39 is 0 Å². The van der Waals surface area contributed by atoms with E-state index in [1.807, 2.05) is 0 Å². The van der Waals surface area contributed by atoms with Crippen LogP contribution in [0.4, 0.5) is 0 Å². The molecule has 1 fully saturated rings. The van der Waals surface area contributed by atoms with Gasteiger partial charge in [0.25, 0.3) is 0 Å². The molecule has 80 valence electrons. The molecule has 0 bridgehead atoms. The van der Waals surface area contributed by atoms with Gasteiger partial charge >= 0.3 is 5.69 Å². The molecule has 1 atom stereocenters. The molecule has 0 aliphatic carbocycles. The van der Waals surface area contributed by atoms with Crippen LogP contribution in [-0.2, 0) is 4.79 Å². The van der Waals surface area contributed by atoms with Crippen LogP contribution in [0.1, 0.15) is 23.7 Å². The lowest BCUT2D eigenvalue weighted by molar-refractivity contribution is -0.121. The van der Waals surface area contributed by atoms with E-state index in [9.17, 15) is 9.59 Å². The SMILES string of the molecule is Cc1cc(C2CNCCC2=O)nc(=O)[nH]1. The first-order chi connectivity index (χ1) is 7.16. The lowest BCUT2D eigenvalue weighted by atomic mass is 9.94. The molecule has 15 heavy (non-hydrogen) atoms. The predicted octanol–water partition coefficient (Wildman–Crippen LogP) is -0.276. The third kappa shape index (κ3) is 2.12. The van der Waals surface area contributed by atoms with Crippen molar-refractivity contribution in [1.82, 2.24) is 15.3 Å². The number of carbonyl (C=O) groups is 1. The lowest BCUT2D eigenvalue weighted by Gasteiger charge is -2.20. The minimum absolute atomic E-state index is 0.159. The van der Waals surface area contributed by atoms with E-state index in [4.69, 9.17) is 0 Å². The standard InChI is InChI=1S/C10H13N3O2/c1-6-4-8(13-10(15)12-6)7-5-11-3-2-9(7)14/h4,7,11H,2-3,5H2,1H3,(H,12,13,15). The quantitative estimate of drug-likeness (QED) is 0.664. The summed E-state index contributed by atoms with van der Waals surface area (Å²) in [6.07, 6.45) is 0.512. The van der Waals surface area contributed by atoms with Crippen LogP contribution >= 0.6 is 0 Å². The van der Waals surface area contributed by atoms with Gasteiger partial charge in [0.1, 0.15) is 5.78 Å². The average Bonchev–Trinajstić information content (AvgIpc) is 2.16. The molecule has 1 saturated heterocycles. The Hall–Kier alpha value is -1.49. The van der Waals surface area contributed by atoms with Gasteiger partial charge in [0.2, 0.25) is 0 Å². The summed E-state index contributed by atoms with van der Waals surface area (Å²) >= 11 is 0. The third-order valence-electron chi connectivity index (χ3n) is 2.54. The van der Waals surface area contributed by atoms with Gasteiger partial charge < -0.3 is 10.3 Å².